The molecular formula is C17H18K2N2O10S. The van der Waals surface area contributed by atoms with Crippen LogP contribution in [0, 0.1) is 21.4 Å². The van der Waals surface area contributed by atoms with Gasteiger partial charge in [0.05, 0.1) is 33.8 Å². The molecule has 0 radical (unpaired) electrons. The molecule has 164 valence electrons. The van der Waals surface area contributed by atoms with Crippen LogP contribution in [-0.2, 0) is 24.0 Å². The summed E-state index contributed by atoms with van der Waals surface area (Å²) in [5, 5.41) is 36.2. The fraction of sp³-hybridized carbons (Fsp3) is 0.176. The molecule has 0 amide bonds. The summed E-state index contributed by atoms with van der Waals surface area (Å²) >= 11 is 0. The van der Waals surface area contributed by atoms with Gasteiger partial charge in [-0.3, -0.25) is 14.9 Å². The molecule has 1 saturated heterocycles. The Labute approximate surface area is 269 Å². The van der Waals surface area contributed by atoms with Crippen LogP contribution in [0.4, 0.5) is 5.69 Å². The zero-order chi connectivity index (χ0) is 22.8. The standard InChI is InChI=1S/C9H11NO6S.C7H5NO.CH2O3.2K.H/c11-10(12)7-2-1-3-9(4-7)17(13,14,15)6-8-5-16-8;8-5-6-3-1-2-4-7(6)9;2-1-4-3;;;/h1-4,8H,5-6H2,(H2,13,14,15);1-4,9H;1,3H;;;/q;;;2*+1;-1/p-1. The molecule has 1 fully saturated rings. The number of hydrogen-bond acceptors (Lipinski definition) is 9. The molecule has 2 aromatic rings. The van der Waals surface area contributed by atoms with E-state index in [1.807, 2.05) is 6.07 Å². The van der Waals surface area contributed by atoms with E-state index in [2.05, 4.69) is 4.89 Å². The van der Waals surface area contributed by atoms with E-state index in [9.17, 15) is 23.4 Å². The number of ether oxygens (including phenoxy) is 1. The van der Waals surface area contributed by atoms with Gasteiger partial charge < -0.3 is 30.5 Å². The van der Waals surface area contributed by atoms with Crippen LogP contribution in [0.2, 0.25) is 0 Å². The minimum atomic E-state index is -5.05. The summed E-state index contributed by atoms with van der Waals surface area (Å²) in [6.45, 7) is 0.130. The van der Waals surface area contributed by atoms with Crippen LogP contribution in [0.3, 0.4) is 0 Å². The molecule has 3 rings (SSSR count). The first-order valence-electron chi connectivity index (χ1n) is 7.94. The van der Waals surface area contributed by atoms with Crippen LogP contribution in [0.1, 0.15) is 6.99 Å². The van der Waals surface area contributed by atoms with E-state index in [4.69, 9.17) is 25.2 Å². The van der Waals surface area contributed by atoms with Crippen molar-refractivity contribution in [3.63, 3.8) is 0 Å². The normalized spacial score (nSPS) is 14.4. The number of nitriles is 1. The Bertz CT molecular complexity index is 1010. The number of carbonyl (C=O) groups excluding carboxylic acids is 1. The second kappa shape index (κ2) is 15.7. The molecule has 1 aliphatic rings. The number of non-ortho nitro benzene ring substituents is 1. The number of nitro groups is 1. The predicted octanol–water partition coefficient (Wildman–Crippen LogP) is -5.06. The van der Waals surface area contributed by atoms with Crippen molar-refractivity contribution < 1.29 is 147 Å². The maximum absolute atomic E-state index is 12.0. The molecule has 32 heavy (non-hydrogen) atoms. The summed E-state index contributed by atoms with van der Waals surface area (Å²) in [5.41, 5.74) is -0.0290. The Kier molecular flexibility index (Phi) is 16.7. The van der Waals surface area contributed by atoms with E-state index in [0.717, 1.165) is 6.07 Å². The van der Waals surface area contributed by atoms with Crippen LogP contribution >= 0.6 is 0 Å². The minimum Gasteiger partial charge on any atom is -1.00 e. The topological polar surface area (TPSA) is 207 Å². The zero-order valence-corrected chi connectivity index (χ0v) is 24.3. The van der Waals surface area contributed by atoms with Crippen molar-refractivity contribution >= 4 is 21.8 Å². The number of rotatable bonds is 5. The van der Waals surface area contributed by atoms with E-state index in [1.54, 1.807) is 18.2 Å². The molecule has 1 atom stereocenters. The second-order valence-electron chi connectivity index (χ2n) is 5.71. The first-order valence-corrected chi connectivity index (χ1v) is 9.99. The number of nitro benzene ring substituents is 1. The van der Waals surface area contributed by atoms with Crippen molar-refractivity contribution in [1.29, 1.82) is 5.26 Å². The van der Waals surface area contributed by atoms with Gasteiger partial charge in [-0.25, -0.2) is 4.21 Å². The van der Waals surface area contributed by atoms with Gasteiger partial charge in [-0.15, -0.1) is 0 Å². The van der Waals surface area contributed by atoms with Crippen molar-refractivity contribution in [3.05, 3.63) is 64.2 Å². The number of aromatic hydroxyl groups is 1. The second-order valence-corrected chi connectivity index (χ2v) is 8.55. The molecule has 0 aromatic heterocycles. The van der Waals surface area contributed by atoms with Gasteiger partial charge in [-0.05, 0) is 18.2 Å². The molecule has 1 unspecified atom stereocenters. The maximum Gasteiger partial charge on any atom is 1.00 e. The Balaban J connectivity index is -0.000000481. The van der Waals surface area contributed by atoms with Crippen molar-refractivity contribution in [2.24, 2.45) is 0 Å². The summed E-state index contributed by atoms with van der Waals surface area (Å²) in [5.74, 6) is -0.418. The number of phenols is 1. The third-order valence-corrected chi connectivity index (χ3v) is 5.63. The number of para-hydroxylation sites is 1. The van der Waals surface area contributed by atoms with Gasteiger partial charge in [0.15, 0.2) is 0 Å². The van der Waals surface area contributed by atoms with E-state index >= 15 is 0 Å². The first-order chi connectivity index (χ1) is 14.0. The van der Waals surface area contributed by atoms with Gasteiger partial charge in [-0.1, -0.05) is 18.2 Å². The maximum atomic E-state index is 12.0. The van der Waals surface area contributed by atoms with Crippen molar-refractivity contribution in [1.82, 2.24) is 0 Å². The minimum absolute atomic E-state index is 0. The summed E-state index contributed by atoms with van der Waals surface area (Å²) in [7, 11) is -5.05. The predicted molar refractivity (Wildman–Crippen MR) is 100 cm³/mol. The van der Waals surface area contributed by atoms with Gasteiger partial charge in [0.2, 0.25) is 0 Å². The Morgan fingerprint density at radius 3 is 2.25 bits per heavy atom. The van der Waals surface area contributed by atoms with Crippen LogP contribution in [0.15, 0.2) is 53.4 Å². The molecule has 0 spiro atoms. The van der Waals surface area contributed by atoms with Gasteiger partial charge in [-0.2, -0.15) is 5.26 Å². The summed E-state index contributed by atoms with van der Waals surface area (Å²) in [6.07, 6.45) is -0.469. The molecule has 1 heterocycles. The van der Waals surface area contributed by atoms with E-state index in [0.29, 0.717) is 12.2 Å². The van der Waals surface area contributed by atoms with Crippen molar-refractivity contribution in [3.8, 4) is 11.8 Å². The Morgan fingerprint density at radius 2 is 1.84 bits per heavy atom. The molecule has 1 aliphatic heterocycles. The zero-order valence-electron chi connectivity index (χ0n) is 18.2. The van der Waals surface area contributed by atoms with Crippen LogP contribution in [-0.4, -0.2) is 48.3 Å². The van der Waals surface area contributed by atoms with Gasteiger partial charge in [0.25, 0.3) is 12.2 Å². The summed E-state index contributed by atoms with van der Waals surface area (Å²) in [4.78, 5) is 20.7. The molecule has 0 saturated carbocycles. The third-order valence-electron chi connectivity index (χ3n) is 3.45. The smallest absolute Gasteiger partial charge is 1.00 e. The SMILES string of the molecule is N#Cc1ccccc1O.O=CO[O-].O=[N+]([O-])c1cccc(S(=O)(O)(O)CC2CO2)c1.[H-].[K+].[K+]. The van der Waals surface area contributed by atoms with Crippen LogP contribution in [0.5, 0.6) is 5.75 Å². The monoisotopic (exact) mass is 520 g/mol. The average molecular weight is 521 g/mol. The van der Waals surface area contributed by atoms with E-state index < -0.39 is 26.4 Å². The number of nitrogens with zero attached hydrogens (tertiary/aromatic N) is 2. The third kappa shape index (κ3) is 12.4. The number of phenolic OH excluding ortho intramolecular Hbond substituents is 1. The van der Waals surface area contributed by atoms with Crippen molar-refractivity contribution in [2.45, 2.75) is 11.0 Å². The molecule has 3 N–H and O–H groups in total. The summed E-state index contributed by atoms with van der Waals surface area (Å²) in [6, 6.07) is 12.8. The average Bonchev–Trinajstić information content (AvgIpc) is 3.52. The van der Waals surface area contributed by atoms with Gasteiger partial charge >= 0.3 is 103 Å². The fourth-order valence-corrected chi connectivity index (χ4v) is 3.78. The molecule has 2 aromatic carbocycles. The van der Waals surface area contributed by atoms with Crippen LogP contribution in [0.25, 0.3) is 0 Å². The summed E-state index contributed by atoms with van der Waals surface area (Å²) < 4.78 is 36.4. The largest absolute Gasteiger partial charge is 1.00 e. The van der Waals surface area contributed by atoms with Crippen LogP contribution < -0.4 is 108 Å². The Morgan fingerprint density at radius 1 is 1.28 bits per heavy atom. The first kappa shape index (κ1) is 34.0. The van der Waals surface area contributed by atoms with Gasteiger partial charge in [0.1, 0.15) is 21.4 Å². The molecule has 15 heteroatoms. The van der Waals surface area contributed by atoms with Gasteiger partial charge in [0, 0.05) is 12.1 Å². The number of benzene rings is 2. The number of carbonyl (C=O) groups is 1. The Hall–Kier alpha value is -0.137. The number of hydrogen-bond donors (Lipinski definition) is 3. The van der Waals surface area contributed by atoms with E-state index in [-0.39, 0.29) is 127 Å². The molecule has 0 bridgehead atoms. The molecular weight excluding hydrogens is 502 g/mol. The molecule has 0 aliphatic carbocycles. The van der Waals surface area contributed by atoms with E-state index in [1.165, 1.54) is 24.3 Å². The fourth-order valence-electron chi connectivity index (χ4n) is 2.02. The van der Waals surface area contributed by atoms with Crippen molar-refractivity contribution in [2.75, 3.05) is 12.4 Å². The molecule has 12 nitrogen and oxygen atoms in total. The number of epoxide rings is 1. The quantitative estimate of drug-likeness (QED) is 0.0849.